The fraction of sp³-hybridized carbons (Fsp3) is 0. The van der Waals surface area contributed by atoms with E-state index in [0.29, 0.717) is 17.0 Å². The minimum Gasteiger partial charge on any atom is -0.305 e. The summed E-state index contributed by atoms with van der Waals surface area (Å²) in [6, 6.07) is 11.6. The van der Waals surface area contributed by atoms with Crippen LogP contribution in [0.2, 0.25) is 0 Å². The first-order valence-electron chi connectivity index (χ1n) is 5.63. The third-order valence-electron chi connectivity index (χ3n) is 2.65. The highest BCUT2D eigenvalue weighted by Crippen LogP contribution is 2.25. The van der Waals surface area contributed by atoms with Gasteiger partial charge in [0.15, 0.2) is 0 Å². The molecular weight excluding hydrogens is 263 g/mol. The van der Waals surface area contributed by atoms with Gasteiger partial charge in [-0.15, -0.1) is 11.3 Å². The summed E-state index contributed by atoms with van der Waals surface area (Å²) in [6.45, 7) is 0. The van der Waals surface area contributed by atoms with E-state index in [-0.39, 0.29) is 5.82 Å². The number of hydrogen-bond donors (Lipinski definition) is 1. The van der Waals surface area contributed by atoms with Gasteiger partial charge in [-0.05, 0) is 29.6 Å². The molecule has 2 heterocycles. The Bertz CT molecular complexity index is 765. The number of benzene rings is 1. The fourth-order valence-corrected chi connectivity index (χ4v) is 2.52. The molecule has 3 rings (SSSR count). The maximum atomic E-state index is 13.2. The number of nitrogens with one attached hydrogen (secondary N) is 1. The van der Waals surface area contributed by atoms with Gasteiger partial charge in [-0.3, -0.25) is 0 Å². The Hall–Kier alpha value is -2.27. The molecule has 0 amide bonds. The van der Waals surface area contributed by atoms with E-state index in [4.69, 9.17) is 0 Å². The minimum atomic E-state index is -0.440. The molecule has 2 aromatic heterocycles. The Morgan fingerprint density at radius 3 is 2.79 bits per heavy atom. The summed E-state index contributed by atoms with van der Waals surface area (Å²) in [6.07, 6.45) is 0. The predicted octanol–water partition coefficient (Wildman–Crippen LogP) is 3.30. The number of thiophene rings is 1. The highest BCUT2D eigenvalue weighted by molar-refractivity contribution is 7.13. The first-order valence-corrected chi connectivity index (χ1v) is 6.51. The molecule has 19 heavy (non-hydrogen) atoms. The average Bonchev–Trinajstić information content (AvgIpc) is 2.92. The van der Waals surface area contributed by atoms with Crippen LogP contribution in [0.5, 0.6) is 0 Å². The molecular formula is C14H9FN2OS. The van der Waals surface area contributed by atoms with Crippen molar-refractivity contribution in [2.75, 3.05) is 0 Å². The molecule has 0 saturated heterocycles. The lowest BCUT2D eigenvalue weighted by molar-refractivity contribution is 0.628. The van der Waals surface area contributed by atoms with E-state index in [9.17, 15) is 9.18 Å². The molecule has 0 radical (unpaired) electrons. The van der Waals surface area contributed by atoms with Crippen LogP contribution in [0, 0.1) is 5.82 Å². The zero-order chi connectivity index (χ0) is 13.2. The zero-order valence-electron chi connectivity index (χ0n) is 9.76. The van der Waals surface area contributed by atoms with Crippen LogP contribution < -0.4 is 5.69 Å². The molecule has 5 heteroatoms. The number of rotatable bonds is 2. The largest absolute Gasteiger partial charge is 0.345 e. The topological polar surface area (TPSA) is 45.8 Å². The van der Waals surface area contributed by atoms with E-state index in [1.54, 1.807) is 18.2 Å². The van der Waals surface area contributed by atoms with Crippen LogP contribution in [0.4, 0.5) is 4.39 Å². The van der Waals surface area contributed by atoms with E-state index < -0.39 is 5.69 Å². The minimum absolute atomic E-state index is 0.350. The lowest BCUT2D eigenvalue weighted by Crippen LogP contribution is -2.11. The van der Waals surface area contributed by atoms with Gasteiger partial charge in [0.1, 0.15) is 5.82 Å². The molecule has 3 aromatic rings. The van der Waals surface area contributed by atoms with Crippen LogP contribution in [-0.2, 0) is 0 Å². The third kappa shape index (κ3) is 2.46. The summed E-state index contributed by atoms with van der Waals surface area (Å²) >= 11 is 1.52. The van der Waals surface area contributed by atoms with Gasteiger partial charge in [-0.2, -0.15) is 4.98 Å². The van der Waals surface area contributed by atoms with Crippen molar-refractivity contribution < 1.29 is 4.39 Å². The molecule has 0 atom stereocenters. The first-order chi connectivity index (χ1) is 9.22. The number of H-pyrrole nitrogens is 1. The summed E-state index contributed by atoms with van der Waals surface area (Å²) in [5.41, 5.74) is 1.30. The van der Waals surface area contributed by atoms with E-state index in [2.05, 4.69) is 9.97 Å². The molecule has 1 aromatic carbocycles. The smallest absolute Gasteiger partial charge is 0.305 e. The second-order valence-electron chi connectivity index (χ2n) is 3.97. The van der Waals surface area contributed by atoms with Crippen LogP contribution in [0.1, 0.15) is 0 Å². The van der Waals surface area contributed by atoms with Gasteiger partial charge < -0.3 is 4.98 Å². The van der Waals surface area contributed by atoms with E-state index in [1.807, 2.05) is 17.5 Å². The van der Waals surface area contributed by atoms with E-state index in [0.717, 1.165) is 4.88 Å². The summed E-state index contributed by atoms with van der Waals surface area (Å²) in [7, 11) is 0. The molecule has 0 aliphatic heterocycles. The fourth-order valence-electron chi connectivity index (χ4n) is 1.82. The molecule has 0 aliphatic rings. The first kappa shape index (κ1) is 11.8. The van der Waals surface area contributed by atoms with Crippen LogP contribution in [0.15, 0.2) is 52.6 Å². The van der Waals surface area contributed by atoms with Crippen molar-refractivity contribution in [2.45, 2.75) is 0 Å². The maximum Gasteiger partial charge on any atom is 0.345 e. The molecule has 0 spiro atoms. The molecule has 94 valence electrons. The van der Waals surface area contributed by atoms with Crippen LogP contribution in [0.3, 0.4) is 0 Å². The van der Waals surface area contributed by atoms with Crippen molar-refractivity contribution in [1.82, 2.24) is 9.97 Å². The molecule has 1 N–H and O–H groups in total. The molecule has 3 nitrogen and oxygen atoms in total. The monoisotopic (exact) mass is 272 g/mol. The Labute approximate surface area is 112 Å². The van der Waals surface area contributed by atoms with E-state index >= 15 is 0 Å². The summed E-state index contributed by atoms with van der Waals surface area (Å²) in [5, 5.41) is 1.93. The number of halogens is 1. The van der Waals surface area contributed by atoms with E-state index in [1.165, 1.54) is 23.5 Å². The van der Waals surface area contributed by atoms with Gasteiger partial charge in [-0.25, -0.2) is 9.18 Å². The van der Waals surface area contributed by atoms with Crippen LogP contribution in [0.25, 0.3) is 21.8 Å². The molecule has 0 bridgehead atoms. The second-order valence-corrected chi connectivity index (χ2v) is 4.92. The quantitative estimate of drug-likeness (QED) is 0.778. The van der Waals surface area contributed by atoms with Gasteiger partial charge in [-0.1, -0.05) is 18.2 Å². The Morgan fingerprint density at radius 1 is 1.16 bits per heavy atom. The highest BCUT2D eigenvalue weighted by atomic mass is 32.1. The molecule has 0 unspecified atom stereocenters. The molecule has 0 fully saturated rings. The number of aromatic nitrogens is 2. The Kier molecular flexibility index (Phi) is 2.97. The normalized spacial score (nSPS) is 10.6. The van der Waals surface area contributed by atoms with Crippen LogP contribution >= 0.6 is 11.3 Å². The lowest BCUT2D eigenvalue weighted by atomic mass is 10.1. The summed E-state index contributed by atoms with van der Waals surface area (Å²) in [5.74, 6) is -0.350. The standard InChI is InChI=1S/C14H9FN2OS/c15-10-4-1-3-9(7-10)11-8-12(17-14(18)16-11)13-5-2-6-19-13/h1-8H,(H,16,17,18). The van der Waals surface area contributed by atoms with Gasteiger partial charge in [0.2, 0.25) is 0 Å². The van der Waals surface area contributed by atoms with Crippen molar-refractivity contribution in [2.24, 2.45) is 0 Å². The predicted molar refractivity (Wildman–Crippen MR) is 73.6 cm³/mol. The van der Waals surface area contributed by atoms with Gasteiger partial charge >= 0.3 is 5.69 Å². The zero-order valence-corrected chi connectivity index (χ0v) is 10.6. The van der Waals surface area contributed by atoms with Crippen molar-refractivity contribution in [3.63, 3.8) is 0 Å². The van der Waals surface area contributed by atoms with Crippen LogP contribution in [-0.4, -0.2) is 9.97 Å². The Balaban J connectivity index is 2.15. The number of nitrogens with zero attached hydrogens (tertiary/aromatic N) is 1. The second kappa shape index (κ2) is 4.78. The molecule has 0 aliphatic carbocycles. The average molecular weight is 272 g/mol. The number of aromatic amines is 1. The van der Waals surface area contributed by atoms with Gasteiger partial charge in [0.05, 0.1) is 16.3 Å². The SMILES string of the molecule is O=c1nc(-c2cccc(F)c2)cc(-c2cccs2)[nH]1. The molecule has 0 saturated carbocycles. The lowest BCUT2D eigenvalue weighted by Gasteiger charge is -2.03. The van der Waals surface area contributed by atoms with Crippen molar-refractivity contribution in [1.29, 1.82) is 0 Å². The maximum absolute atomic E-state index is 13.2. The number of hydrogen-bond acceptors (Lipinski definition) is 3. The van der Waals surface area contributed by atoms with Gasteiger partial charge in [0, 0.05) is 5.56 Å². The van der Waals surface area contributed by atoms with Crippen molar-refractivity contribution in [3.05, 3.63) is 64.1 Å². The van der Waals surface area contributed by atoms with Gasteiger partial charge in [0.25, 0.3) is 0 Å². The van der Waals surface area contributed by atoms with Crippen molar-refractivity contribution >= 4 is 11.3 Å². The highest BCUT2D eigenvalue weighted by Gasteiger charge is 2.06. The van der Waals surface area contributed by atoms with Crippen molar-refractivity contribution in [3.8, 4) is 21.8 Å². The Morgan fingerprint density at radius 2 is 2.05 bits per heavy atom. The summed E-state index contributed by atoms with van der Waals surface area (Å²) in [4.78, 5) is 19.1. The summed E-state index contributed by atoms with van der Waals surface area (Å²) < 4.78 is 13.2. The third-order valence-corrected chi connectivity index (χ3v) is 3.55.